The zero-order valence-corrected chi connectivity index (χ0v) is 23.2. The molecule has 0 bridgehead atoms. The van der Waals surface area contributed by atoms with Gasteiger partial charge in [-0.05, 0) is 68.1 Å². The van der Waals surface area contributed by atoms with Crippen LogP contribution in [0, 0.1) is 0 Å². The van der Waals surface area contributed by atoms with E-state index in [1.165, 1.54) is 4.90 Å². The van der Waals surface area contributed by atoms with Gasteiger partial charge in [-0.3, -0.25) is 19.3 Å². The summed E-state index contributed by atoms with van der Waals surface area (Å²) in [6.07, 6.45) is 1.64. The molecule has 5 N–H and O–H groups in total. The predicted molar refractivity (Wildman–Crippen MR) is 152 cm³/mol. The van der Waals surface area contributed by atoms with Crippen LogP contribution in [0.2, 0.25) is 0 Å². The monoisotopic (exact) mass is 567 g/mol. The van der Waals surface area contributed by atoms with Crippen molar-refractivity contribution in [3.8, 4) is 11.5 Å². The Morgan fingerprint density at radius 1 is 1.12 bits per heavy atom. The lowest BCUT2D eigenvalue weighted by atomic mass is 10.0. The highest BCUT2D eigenvalue weighted by molar-refractivity contribution is 7.09. The average Bonchev–Trinajstić information content (AvgIpc) is 3.61. The third kappa shape index (κ3) is 6.35. The van der Waals surface area contributed by atoms with Crippen LogP contribution in [0.4, 0.5) is 11.4 Å². The summed E-state index contributed by atoms with van der Waals surface area (Å²) in [5.41, 5.74) is 12.1. The smallest absolute Gasteiger partial charge is 0.273 e. The summed E-state index contributed by atoms with van der Waals surface area (Å²) in [5, 5.41) is 2.96. The number of amides is 3. The molecule has 0 aliphatic carbocycles. The quantitative estimate of drug-likeness (QED) is 0.301. The second-order valence-corrected chi connectivity index (χ2v) is 9.77. The van der Waals surface area contributed by atoms with E-state index in [0.29, 0.717) is 42.6 Å². The van der Waals surface area contributed by atoms with Crippen LogP contribution < -0.4 is 31.2 Å². The first-order valence-electron chi connectivity index (χ1n) is 13.1. The number of ether oxygens (including phenoxy) is 3. The van der Waals surface area contributed by atoms with Gasteiger partial charge in [0, 0.05) is 13.2 Å². The molecule has 3 amide bonds. The number of carbonyl (C=O) groups excluding carboxylic acids is 3. The molecular formula is C28H33N5O6S. The number of nitrogens with one attached hydrogen (secondary N) is 1. The third-order valence-corrected chi connectivity index (χ3v) is 7.19. The van der Waals surface area contributed by atoms with Crippen LogP contribution in [0.3, 0.4) is 0 Å². The number of primary amides is 1. The van der Waals surface area contributed by atoms with E-state index in [9.17, 15) is 14.4 Å². The predicted octanol–water partition coefficient (Wildman–Crippen LogP) is 3.30. The van der Waals surface area contributed by atoms with Crippen LogP contribution >= 0.6 is 11.5 Å². The van der Waals surface area contributed by atoms with E-state index < -0.39 is 23.8 Å². The number of aromatic nitrogens is 1. The highest BCUT2D eigenvalue weighted by Gasteiger charge is 2.37. The van der Waals surface area contributed by atoms with Crippen molar-refractivity contribution in [3.63, 3.8) is 0 Å². The molecule has 1 aliphatic heterocycles. The van der Waals surface area contributed by atoms with E-state index >= 15 is 0 Å². The van der Waals surface area contributed by atoms with Crippen LogP contribution in [-0.2, 0) is 9.53 Å². The van der Waals surface area contributed by atoms with Gasteiger partial charge in [0.2, 0.25) is 5.91 Å². The first-order chi connectivity index (χ1) is 19.3. The molecule has 0 saturated carbocycles. The van der Waals surface area contributed by atoms with Crippen LogP contribution in [0.5, 0.6) is 11.5 Å². The summed E-state index contributed by atoms with van der Waals surface area (Å²) in [6.45, 7) is 5.43. The molecule has 0 radical (unpaired) electrons. The Morgan fingerprint density at radius 2 is 1.85 bits per heavy atom. The fourth-order valence-electron chi connectivity index (χ4n) is 4.49. The molecule has 11 nitrogen and oxygen atoms in total. The number of rotatable bonds is 12. The second-order valence-electron chi connectivity index (χ2n) is 9.00. The van der Waals surface area contributed by atoms with E-state index in [1.807, 2.05) is 13.8 Å². The van der Waals surface area contributed by atoms with Gasteiger partial charge < -0.3 is 31.0 Å². The van der Waals surface area contributed by atoms with Crippen LogP contribution in [0.15, 0.2) is 48.5 Å². The first kappa shape index (κ1) is 28.8. The molecule has 2 atom stereocenters. The van der Waals surface area contributed by atoms with Crippen LogP contribution in [0.25, 0.3) is 0 Å². The molecule has 0 spiro atoms. The Balaban J connectivity index is 1.85. The standard InChI is InChI=1S/C28H33N5O6S/c1-3-37-18-13-11-17(12-14-18)24(27(35)31-16-19-8-7-15-39-19)33(20-9-5-6-10-21(20)38-4-2)28(36)25-22(29)23(26(30)34)32-40-25/h5-6,9-14,19,24H,3-4,7-8,15-16,29H2,1-2H3,(H2,30,34)(H,31,35)/t19-,24-/m1/s1. The van der Waals surface area contributed by atoms with Crippen molar-refractivity contribution in [2.24, 2.45) is 5.73 Å². The van der Waals surface area contributed by atoms with Gasteiger partial charge in [-0.25, -0.2) is 0 Å². The fraction of sp³-hybridized carbons (Fsp3) is 0.357. The molecule has 212 valence electrons. The largest absolute Gasteiger partial charge is 0.494 e. The minimum Gasteiger partial charge on any atom is -0.494 e. The maximum Gasteiger partial charge on any atom is 0.273 e. The van der Waals surface area contributed by atoms with Crippen molar-refractivity contribution in [3.05, 3.63) is 64.7 Å². The van der Waals surface area contributed by atoms with Gasteiger partial charge in [-0.1, -0.05) is 24.3 Å². The molecule has 3 aromatic rings. The van der Waals surface area contributed by atoms with Crippen molar-refractivity contribution in [1.29, 1.82) is 0 Å². The number of para-hydroxylation sites is 2. The Hall–Kier alpha value is -4.16. The minimum atomic E-state index is -1.15. The molecule has 12 heteroatoms. The Morgan fingerprint density at radius 3 is 2.48 bits per heavy atom. The first-order valence-corrected chi connectivity index (χ1v) is 13.8. The van der Waals surface area contributed by atoms with Crippen LogP contribution in [-0.4, -0.2) is 54.6 Å². The molecule has 2 aromatic carbocycles. The van der Waals surface area contributed by atoms with Gasteiger partial charge in [0.15, 0.2) is 5.69 Å². The maximum atomic E-state index is 14.3. The molecule has 1 saturated heterocycles. The number of carbonyl (C=O) groups is 3. The van der Waals surface area contributed by atoms with Crippen molar-refractivity contribution in [2.45, 2.75) is 38.8 Å². The number of anilines is 2. The summed E-state index contributed by atoms with van der Waals surface area (Å²) >= 11 is 0.742. The van der Waals surface area contributed by atoms with Gasteiger partial charge in [0.1, 0.15) is 22.4 Å². The zero-order valence-electron chi connectivity index (χ0n) is 22.4. The van der Waals surface area contributed by atoms with Gasteiger partial charge >= 0.3 is 0 Å². The lowest BCUT2D eigenvalue weighted by Crippen LogP contribution is -2.45. The second kappa shape index (κ2) is 13.3. The lowest BCUT2D eigenvalue weighted by molar-refractivity contribution is -0.123. The molecule has 2 heterocycles. The molecule has 40 heavy (non-hydrogen) atoms. The highest BCUT2D eigenvalue weighted by Crippen LogP contribution is 2.38. The number of hydrogen-bond acceptors (Lipinski definition) is 9. The van der Waals surface area contributed by atoms with E-state index in [0.717, 1.165) is 24.4 Å². The summed E-state index contributed by atoms with van der Waals surface area (Å²) in [7, 11) is 0. The average molecular weight is 568 g/mol. The Kier molecular flexibility index (Phi) is 9.56. The number of benzene rings is 2. The van der Waals surface area contributed by atoms with Crippen molar-refractivity contribution < 1.29 is 28.6 Å². The summed E-state index contributed by atoms with van der Waals surface area (Å²) < 4.78 is 21.1. The Labute approximate surface area is 236 Å². The molecule has 0 unspecified atom stereocenters. The normalized spacial score (nSPS) is 15.3. The van der Waals surface area contributed by atoms with Crippen molar-refractivity contribution in [2.75, 3.05) is 37.0 Å². The number of nitrogens with two attached hydrogens (primary N) is 2. The SMILES string of the molecule is CCOc1ccc([C@H](C(=O)NC[C@H]2CCCO2)N(C(=O)c2snc(C(N)=O)c2N)c2ccccc2OCC)cc1. The van der Waals surface area contributed by atoms with Crippen molar-refractivity contribution in [1.82, 2.24) is 9.69 Å². The van der Waals surface area contributed by atoms with Crippen LogP contribution in [0.1, 0.15) is 58.5 Å². The Bertz CT molecular complexity index is 1340. The number of nitrogens with zero attached hydrogens (tertiary/aromatic N) is 2. The summed E-state index contributed by atoms with van der Waals surface area (Å²) in [4.78, 5) is 41.4. The molecule has 1 fully saturated rings. The summed E-state index contributed by atoms with van der Waals surface area (Å²) in [6, 6.07) is 12.7. The van der Waals surface area contributed by atoms with Crippen molar-refractivity contribution >= 4 is 40.6 Å². The van der Waals surface area contributed by atoms with Gasteiger partial charge in [0.05, 0.1) is 30.7 Å². The van der Waals surface area contributed by atoms with Gasteiger partial charge in [-0.15, -0.1) is 0 Å². The topological polar surface area (TPSA) is 159 Å². The van der Waals surface area contributed by atoms with E-state index in [2.05, 4.69) is 9.69 Å². The van der Waals surface area contributed by atoms with E-state index in [4.69, 9.17) is 25.7 Å². The molecule has 4 rings (SSSR count). The fourth-order valence-corrected chi connectivity index (χ4v) is 5.23. The number of nitrogen functional groups attached to an aromatic ring is 1. The van der Waals surface area contributed by atoms with Gasteiger partial charge in [-0.2, -0.15) is 4.37 Å². The number of hydrogen-bond donors (Lipinski definition) is 3. The highest BCUT2D eigenvalue weighted by atomic mass is 32.1. The molecular weight excluding hydrogens is 534 g/mol. The maximum absolute atomic E-state index is 14.3. The zero-order chi connectivity index (χ0) is 28.6. The van der Waals surface area contributed by atoms with Gasteiger partial charge in [0.25, 0.3) is 11.8 Å². The van der Waals surface area contributed by atoms with E-state index in [-0.39, 0.29) is 28.9 Å². The third-order valence-electron chi connectivity index (χ3n) is 6.34. The lowest BCUT2D eigenvalue weighted by Gasteiger charge is -2.32. The molecule has 1 aliphatic rings. The minimum absolute atomic E-state index is 0.0250. The summed E-state index contributed by atoms with van der Waals surface area (Å²) in [5.74, 6) is -0.917. The van der Waals surface area contributed by atoms with E-state index in [1.54, 1.807) is 48.5 Å². The molecule has 1 aromatic heterocycles.